The second-order valence-electron chi connectivity index (χ2n) is 7.08. The Hall–Kier alpha value is -2.88. The van der Waals surface area contributed by atoms with Crippen LogP contribution in [0.5, 0.6) is 5.88 Å². The van der Waals surface area contributed by atoms with Crippen LogP contribution in [0.2, 0.25) is 0 Å². The molecule has 0 aliphatic heterocycles. The quantitative estimate of drug-likeness (QED) is 0.480. The molecule has 0 spiro atoms. The van der Waals surface area contributed by atoms with Crippen LogP contribution in [-0.2, 0) is 19.1 Å². The average molecular weight is 441 g/mol. The summed E-state index contributed by atoms with van der Waals surface area (Å²) in [6, 6.07) is 4.43. The fraction of sp³-hybridized carbons (Fsp3) is 0.300. The first-order valence-electron chi connectivity index (χ1n) is 9.05. The SMILES string of the molecule is CC(C)Cc1cc(OC(=O)Nc2nccs2)n(Cc2ccc(C(F)(F)F)c(F)c2)c1. The molecule has 2 heterocycles. The Kier molecular flexibility index (Phi) is 6.45. The average Bonchev–Trinajstić information content (AvgIpc) is 3.23. The molecular weight excluding hydrogens is 422 g/mol. The first-order chi connectivity index (χ1) is 14.1. The van der Waals surface area contributed by atoms with Crippen molar-refractivity contribution in [3.8, 4) is 5.88 Å². The molecule has 160 valence electrons. The first kappa shape index (κ1) is 21.8. The number of halogens is 4. The number of thiazole rings is 1. The number of aromatic nitrogens is 2. The molecule has 0 unspecified atom stereocenters. The molecule has 0 atom stereocenters. The minimum atomic E-state index is -4.76. The molecule has 2 aromatic heterocycles. The molecular formula is C20H19F4N3O2S. The van der Waals surface area contributed by atoms with Gasteiger partial charge in [0.15, 0.2) is 5.13 Å². The monoisotopic (exact) mass is 441 g/mol. The number of carbonyl (C=O) groups excluding carboxylic acids is 1. The molecule has 0 saturated carbocycles. The second-order valence-corrected chi connectivity index (χ2v) is 7.97. The molecule has 3 rings (SSSR count). The van der Waals surface area contributed by atoms with E-state index in [-0.39, 0.29) is 12.4 Å². The molecule has 0 bridgehead atoms. The summed E-state index contributed by atoms with van der Waals surface area (Å²) in [5.41, 5.74) is -0.134. The number of amides is 1. The maximum Gasteiger partial charge on any atom is 0.420 e. The van der Waals surface area contributed by atoms with Gasteiger partial charge in [0.05, 0.1) is 12.1 Å². The lowest BCUT2D eigenvalue weighted by atomic mass is 10.1. The minimum absolute atomic E-state index is 0.0347. The number of carbonyl (C=O) groups is 1. The third kappa shape index (κ3) is 5.59. The van der Waals surface area contributed by atoms with Crippen molar-refractivity contribution in [1.29, 1.82) is 0 Å². The third-order valence-corrected chi connectivity index (χ3v) is 4.78. The van der Waals surface area contributed by atoms with E-state index in [1.54, 1.807) is 22.2 Å². The van der Waals surface area contributed by atoms with Gasteiger partial charge in [-0.25, -0.2) is 14.2 Å². The summed E-state index contributed by atoms with van der Waals surface area (Å²) in [4.78, 5) is 16.1. The van der Waals surface area contributed by atoms with Crippen molar-refractivity contribution in [3.05, 3.63) is 64.5 Å². The van der Waals surface area contributed by atoms with Crippen LogP contribution in [0, 0.1) is 11.7 Å². The van der Waals surface area contributed by atoms with E-state index in [1.165, 1.54) is 23.6 Å². The number of anilines is 1. The zero-order chi connectivity index (χ0) is 21.9. The number of hydrogen-bond acceptors (Lipinski definition) is 4. The molecule has 0 saturated heterocycles. The molecule has 5 nitrogen and oxygen atoms in total. The molecule has 3 aromatic rings. The fourth-order valence-corrected chi connectivity index (χ4v) is 3.43. The maximum atomic E-state index is 13.9. The Labute approximate surface area is 174 Å². The predicted molar refractivity (Wildman–Crippen MR) is 105 cm³/mol. The van der Waals surface area contributed by atoms with Crippen molar-refractivity contribution in [3.63, 3.8) is 0 Å². The molecule has 0 aliphatic rings. The molecule has 30 heavy (non-hydrogen) atoms. The van der Waals surface area contributed by atoms with E-state index in [0.717, 1.165) is 11.6 Å². The van der Waals surface area contributed by atoms with Gasteiger partial charge < -0.3 is 9.30 Å². The number of rotatable bonds is 6. The van der Waals surface area contributed by atoms with Gasteiger partial charge in [0, 0.05) is 23.8 Å². The predicted octanol–water partition coefficient (Wildman–Crippen LogP) is 5.96. The van der Waals surface area contributed by atoms with Crippen molar-refractivity contribution in [2.24, 2.45) is 5.92 Å². The number of ether oxygens (including phenoxy) is 1. The minimum Gasteiger partial charge on any atom is -0.393 e. The van der Waals surface area contributed by atoms with Gasteiger partial charge in [0.25, 0.3) is 0 Å². The summed E-state index contributed by atoms with van der Waals surface area (Å²) in [6.07, 6.45) is -1.54. The lowest BCUT2D eigenvalue weighted by Gasteiger charge is -2.12. The topological polar surface area (TPSA) is 56.1 Å². The van der Waals surface area contributed by atoms with E-state index in [9.17, 15) is 22.4 Å². The number of nitrogens with one attached hydrogen (secondary N) is 1. The fourth-order valence-electron chi connectivity index (χ4n) is 2.91. The summed E-state index contributed by atoms with van der Waals surface area (Å²) in [7, 11) is 0. The Bertz CT molecular complexity index is 1010. The van der Waals surface area contributed by atoms with Gasteiger partial charge in [-0.2, -0.15) is 13.2 Å². The Morgan fingerprint density at radius 3 is 2.63 bits per heavy atom. The Balaban J connectivity index is 1.82. The van der Waals surface area contributed by atoms with Gasteiger partial charge in [-0.15, -0.1) is 11.3 Å². The summed E-state index contributed by atoms with van der Waals surface area (Å²) < 4.78 is 59.2. The molecule has 1 N–H and O–H groups in total. The smallest absolute Gasteiger partial charge is 0.393 e. The summed E-state index contributed by atoms with van der Waals surface area (Å²) in [5.74, 6) is -0.820. The van der Waals surface area contributed by atoms with Crippen molar-refractivity contribution in [1.82, 2.24) is 9.55 Å². The molecule has 0 fully saturated rings. The van der Waals surface area contributed by atoms with E-state index in [1.807, 2.05) is 13.8 Å². The summed E-state index contributed by atoms with van der Waals surface area (Å²) in [5, 5.41) is 4.55. The molecule has 1 amide bonds. The van der Waals surface area contributed by atoms with Crippen LogP contribution in [0.4, 0.5) is 27.5 Å². The van der Waals surface area contributed by atoms with Crippen molar-refractivity contribution < 1.29 is 27.1 Å². The zero-order valence-corrected chi connectivity index (χ0v) is 17.0. The van der Waals surface area contributed by atoms with Crippen molar-refractivity contribution >= 4 is 22.6 Å². The number of benzene rings is 1. The van der Waals surface area contributed by atoms with E-state index < -0.39 is 23.7 Å². The van der Waals surface area contributed by atoms with Gasteiger partial charge in [0.2, 0.25) is 5.88 Å². The van der Waals surface area contributed by atoms with Gasteiger partial charge in [-0.3, -0.25) is 5.32 Å². The molecule has 10 heteroatoms. The summed E-state index contributed by atoms with van der Waals surface area (Å²) in [6.45, 7) is 4.09. The number of alkyl halides is 3. The second kappa shape index (κ2) is 8.86. The zero-order valence-electron chi connectivity index (χ0n) is 16.2. The van der Waals surface area contributed by atoms with E-state index >= 15 is 0 Å². The van der Waals surface area contributed by atoms with Gasteiger partial charge in [-0.05, 0) is 35.6 Å². The molecule has 0 aliphatic carbocycles. The van der Waals surface area contributed by atoms with Crippen LogP contribution < -0.4 is 10.1 Å². The first-order valence-corrected chi connectivity index (χ1v) is 9.93. The standard InChI is InChI=1S/C20H19F4N3O2S/c1-12(2)7-14-9-17(29-19(28)26-18-25-5-6-30-18)27(11-14)10-13-3-4-15(16(21)8-13)20(22,23)24/h3-6,8-9,11-12H,7,10H2,1-2H3,(H,25,26,28). The van der Waals surface area contributed by atoms with Crippen LogP contribution in [0.3, 0.4) is 0 Å². The Morgan fingerprint density at radius 2 is 2.03 bits per heavy atom. The van der Waals surface area contributed by atoms with Crippen LogP contribution >= 0.6 is 11.3 Å². The molecule has 0 radical (unpaired) electrons. The lowest BCUT2D eigenvalue weighted by molar-refractivity contribution is -0.140. The van der Waals surface area contributed by atoms with E-state index in [0.29, 0.717) is 29.1 Å². The summed E-state index contributed by atoms with van der Waals surface area (Å²) >= 11 is 1.22. The highest BCUT2D eigenvalue weighted by Crippen LogP contribution is 2.32. The largest absolute Gasteiger partial charge is 0.420 e. The van der Waals surface area contributed by atoms with Crippen LogP contribution in [0.25, 0.3) is 0 Å². The maximum absolute atomic E-state index is 13.9. The number of nitrogens with zero attached hydrogens (tertiary/aromatic N) is 2. The lowest BCUT2D eigenvalue weighted by Crippen LogP contribution is -2.18. The van der Waals surface area contributed by atoms with Crippen molar-refractivity contribution in [2.45, 2.75) is 33.0 Å². The van der Waals surface area contributed by atoms with Crippen LogP contribution in [0.15, 0.2) is 42.0 Å². The van der Waals surface area contributed by atoms with E-state index in [2.05, 4.69) is 10.3 Å². The molecule has 1 aromatic carbocycles. The highest BCUT2D eigenvalue weighted by Gasteiger charge is 2.33. The van der Waals surface area contributed by atoms with Gasteiger partial charge in [-0.1, -0.05) is 19.9 Å². The highest BCUT2D eigenvalue weighted by atomic mass is 32.1. The van der Waals surface area contributed by atoms with E-state index in [4.69, 9.17) is 4.74 Å². The number of hydrogen-bond donors (Lipinski definition) is 1. The van der Waals surface area contributed by atoms with Crippen molar-refractivity contribution in [2.75, 3.05) is 5.32 Å². The highest BCUT2D eigenvalue weighted by molar-refractivity contribution is 7.13. The van der Waals surface area contributed by atoms with Crippen LogP contribution in [-0.4, -0.2) is 15.6 Å². The Morgan fingerprint density at radius 1 is 1.27 bits per heavy atom. The van der Waals surface area contributed by atoms with Crippen LogP contribution in [0.1, 0.15) is 30.5 Å². The third-order valence-electron chi connectivity index (χ3n) is 4.09. The normalized spacial score (nSPS) is 11.7. The van der Waals surface area contributed by atoms with Gasteiger partial charge in [0.1, 0.15) is 5.82 Å². The van der Waals surface area contributed by atoms with Gasteiger partial charge >= 0.3 is 12.3 Å².